The van der Waals surface area contributed by atoms with Crippen molar-refractivity contribution in [3.05, 3.63) is 47.9 Å². The molecule has 0 saturated carbocycles. The molecule has 1 aromatic carbocycles. The highest BCUT2D eigenvalue weighted by molar-refractivity contribution is 14.1. The molecule has 0 radical (unpaired) electrons. The molecule has 1 aliphatic rings. The maximum Gasteiger partial charge on any atom is 0.433 e. The van der Waals surface area contributed by atoms with Crippen LogP contribution in [0.25, 0.3) is 10.9 Å². The number of likely N-dealkylation sites (tertiary alicyclic amines) is 1. The smallest absolute Gasteiger partial charge is 0.433 e. The fourth-order valence-corrected chi connectivity index (χ4v) is 4.42. The standard InChI is InChI=1S/C21H21F3IN5O2/c1-32-18-10-16-13(11-30(28-16)14-5-7-29(12-25)8-6-14)9-17(18)27-20(31)15-3-2-4-19(26-15)21(22,23)24/h2-4,9-11,14H,5-8,12H2,1H3,(H,27,31). The van der Waals surface area contributed by atoms with E-state index >= 15 is 0 Å². The van der Waals surface area contributed by atoms with Crippen LogP contribution in [0.3, 0.4) is 0 Å². The normalized spacial score (nSPS) is 15.8. The molecule has 7 nitrogen and oxygen atoms in total. The Kier molecular flexibility index (Phi) is 6.56. The van der Waals surface area contributed by atoms with E-state index in [1.165, 1.54) is 13.2 Å². The van der Waals surface area contributed by atoms with Gasteiger partial charge >= 0.3 is 6.18 Å². The summed E-state index contributed by atoms with van der Waals surface area (Å²) in [5.74, 6) is -0.393. The van der Waals surface area contributed by atoms with Crippen molar-refractivity contribution in [2.45, 2.75) is 25.1 Å². The zero-order valence-electron chi connectivity index (χ0n) is 17.2. The van der Waals surface area contributed by atoms with Crippen LogP contribution in [0.15, 0.2) is 36.5 Å². The molecular weight excluding hydrogens is 538 g/mol. The molecular formula is C21H21F3IN5O2. The number of hydrogen-bond acceptors (Lipinski definition) is 5. The van der Waals surface area contributed by atoms with Gasteiger partial charge in [0.1, 0.15) is 17.1 Å². The summed E-state index contributed by atoms with van der Waals surface area (Å²) in [6.45, 7) is 2.02. The zero-order chi connectivity index (χ0) is 22.9. The SMILES string of the molecule is COc1cc2nn(C3CCN(CI)CC3)cc2cc1NC(=O)c1cccc(C(F)(F)F)n1. The second-order valence-corrected chi connectivity index (χ2v) is 8.23. The number of amides is 1. The molecule has 2 aromatic heterocycles. The third-order valence-electron chi connectivity index (χ3n) is 5.46. The Morgan fingerprint density at radius 3 is 2.69 bits per heavy atom. The first-order valence-corrected chi connectivity index (χ1v) is 11.5. The highest BCUT2D eigenvalue weighted by Gasteiger charge is 2.33. The third-order valence-corrected chi connectivity index (χ3v) is 6.43. The number of alkyl halides is 4. The van der Waals surface area contributed by atoms with Crippen LogP contribution < -0.4 is 10.1 Å². The molecule has 1 aliphatic heterocycles. The van der Waals surface area contributed by atoms with Crippen LogP contribution in [0, 0.1) is 0 Å². The van der Waals surface area contributed by atoms with Gasteiger partial charge in [-0.2, -0.15) is 18.3 Å². The van der Waals surface area contributed by atoms with Crippen molar-refractivity contribution in [1.82, 2.24) is 19.7 Å². The molecule has 4 rings (SSSR count). The molecule has 11 heteroatoms. The Morgan fingerprint density at radius 1 is 1.28 bits per heavy atom. The Balaban J connectivity index is 1.58. The fourth-order valence-electron chi connectivity index (χ4n) is 3.73. The third kappa shape index (κ3) is 4.82. The number of halogens is 4. The van der Waals surface area contributed by atoms with Gasteiger partial charge in [-0.15, -0.1) is 0 Å². The summed E-state index contributed by atoms with van der Waals surface area (Å²) in [7, 11) is 1.45. The van der Waals surface area contributed by atoms with E-state index in [2.05, 4.69) is 42.9 Å². The summed E-state index contributed by atoms with van der Waals surface area (Å²) >= 11 is 2.37. The molecule has 0 unspecified atom stereocenters. The zero-order valence-corrected chi connectivity index (χ0v) is 19.4. The molecule has 3 aromatic rings. The summed E-state index contributed by atoms with van der Waals surface area (Å²) in [6.07, 6.45) is -0.705. The summed E-state index contributed by atoms with van der Waals surface area (Å²) in [6, 6.07) is 6.92. The van der Waals surface area contributed by atoms with Crippen LogP contribution in [-0.2, 0) is 6.18 Å². The van der Waals surface area contributed by atoms with Gasteiger partial charge in [-0.1, -0.05) is 28.7 Å². The molecule has 32 heavy (non-hydrogen) atoms. The van der Waals surface area contributed by atoms with Crippen LogP contribution in [0.1, 0.15) is 35.1 Å². The predicted molar refractivity (Wildman–Crippen MR) is 122 cm³/mol. The number of carbonyl (C=O) groups is 1. The summed E-state index contributed by atoms with van der Waals surface area (Å²) in [4.78, 5) is 18.4. The largest absolute Gasteiger partial charge is 0.494 e. The first kappa shape index (κ1) is 22.8. The number of benzene rings is 1. The Hall–Kier alpha value is -2.41. The van der Waals surface area contributed by atoms with Gasteiger partial charge in [0.15, 0.2) is 0 Å². The number of aromatic nitrogens is 3. The van der Waals surface area contributed by atoms with Crippen LogP contribution in [0.5, 0.6) is 5.75 Å². The average Bonchev–Trinajstić information content (AvgIpc) is 3.21. The van der Waals surface area contributed by atoms with Gasteiger partial charge in [0, 0.05) is 30.7 Å². The fraction of sp³-hybridized carbons (Fsp3) is 0.381. The number of anilines is 1. The Morgan fingerprint density at radius 2 is 2.03 bits per heavy atom. The summed E-state index contributed by atoms with van der Waals surface area (Å²) in [5.41, 5.74) is -0.404. The quantitative estimate of drug-likeness (QED) is 0.278. The van der Waals surface area contributed by atoms with Crippen molar-refractivity contribution in [3.8, 4) is 5.75 Å². The molecule has 0 aliphatic carbocycles. The number of rotatable bonds is 5. The van der Waals surface area contributed by atoms with Gasteiger partial charge in [-0.05, 0) is 31.0 Å². The first-order valence-electron chi connectivity index (χ1n) is 9.99. The molecule has 170 valence electrons. The summed E-state index contributed by atoms with van der Waals surface area (Å²) < 4.78 is 47.1. The number of carbonyl (C=O) groups excluding carboxylic acids is 1. The van der Waals surface area contributed by atoms with Gasteiger partial charge in [0.2, 0.25) is 0 Å². The van der Waals surface area contributed by atoms with Gasteiger partial charge in [-0.3, -0.25) is 14.4 Å². The average molecular weight is 559 g/mol. The van der Waals surface area contributed by atoms with Crippen molar-refractivity contribution in [2.75, 3.05) is 30.1 Å². The minimum atomic E-state index is -4.63. The minimum Gasteiger partial charge on any atom is -0.494 e. The van der Waals surface area contributed by atoms with Crippen molar-refractivity contribution >= 4 is 45.1 Å². The van der Waals surface area contributed by atoms with Gasteiger partial charge < -0.3 is 10.1 Å². The van der Waals surface area contributed by atoms with Crippen molar-refractivity contribution in [2.24, 2.45) is 0 Å². The van der Waals surface area contributed by atoms with E-state index in [-0.39, 0.29) is 5.69 Å². The maximum absolute atomic E-state index is 12.9. The van der Waals surface area contributed by atoms with E-state index in [0.29, 0.717) is 23.0 Å². The van der Waals surface area contributed by atoms with E-state index < -0.39 is 17.8 Å². The monoisotopic (exact) mass is 559 g/mol. The number of nitrogens with zero attached hydrogens (tertiary/aromatic N) is 4. The topological polar surface area (TPSA) is 72.3 Å². The second kappa shape index (κ2) is 9.22. The van der Waals surface area contributed by atoms with Crippen molar-refractivity contribution in [3.63, 3.8) is 0 Å². The van der Waals surface area contributed by atoms with E-state index in [1.54, 1.807) is 12.1 Å². The predicted octanol–water partition coefficient (Wildman–Crippen LogP) is 4.74. The van der Waals surface area contributed by atoms with Crippen molar-refractivity contribution < 1.29 is 22.7 Å². The number of pyridine rings is 1. The van der Waals surface area contributed by atoms with E-state index in [0.717, 1.165) is 48.0 Å². The molecule has 0 spiro atoms. The number of ether oxygens (including phenoxy) is 1. The Labute approximate surface area is 196 Å². The maximum atomic E-state index is 12.9. The lowest BCUT2D eigenvalue weighted by molar-refractivity contribution is -0.141. The summed E-state index contributed by atoms with van der Waals surface area (Å²) in [5, 5.41) is 8.09. The van der Waals surface area contributed by atoms with Crippen LogP contribution in [0.2, 0.25) is 0 Å². The molecule has 0 atom stereocenters. The minimum absolute atomic E-state index is 0.292. The van der Waals surface area contributed by atoms with Crippen molar-refractivity contribution in [1.29, 1.82) is 0 Å². The molecule has 0 bridgehead atoms. The van der Waals surface area contributed by atoms with Gasteiger partial charge in [-0.25, -0.2) is 4.98 Å². The van der Waals surface area contributed by atoms with Crippen LogP contribution >= 0.6 is 22.6 Å². The number of methoxy groups -OCH3 is 1. The van der Waals surface area contributed by atoms with Crippen LogP contribution in [0.4, 0.5) is 18.9 Å². The molecule has 1 amide bonds. The molecule has 1 N–H and O–H groups in total. The Bertz CT molecular complexity index is 1130. The van der Waals surface area contributed by atoms with Crippen LogP contribution in [-0.4, -0.2) is 50.3 Å². The first-order chi connectivity index (χ1) is 15.3. The highest BCUT2D eigenvalue weighted by Crippen LogP contribution is 2.32. The number of nitrogens with one attached hydrogen (secondary N) is 1. The lowest BCUT2D eigenvalue weighted by Gasteiger charge is -2.30. The van der Waals surface area contributed by atoms with E-state index in [9.17, 15) is 18.0 Å². The van der Waals surface area contributed by atoms with Gasteiger partial charge in [0.25, 0.3) is 5.91 Å². The number of fused-ring (bicyclic) bond motifs is 1. The molecule has 1 fully saturated rings. The number of piperidine rings is 1. The van der Waals surface area contributed by atoms with E-state index in [1.807, 2.05) is 10.9 Å². The van der Waals surface area contributed by atoms with Gasteiger partial charge in [0.05, 0.1) is 28.9 Å². The highest BCUT2D eigenvalue weighted by atomic mass is 127. The lowest BCUT2D eigenvalue weighted by Crippen LogP contribution is -2.33. The molecule has 1 saturated heterocycles. The second-order valence-electron chi connectivity index (χ2n) is 7.55. The van der Waals surface area contributed by atoms with E-state index in [4.69, 9.17) is 4.74 Å². The lowest BCUT2D eigenvalue weighted by atomic mass is 10.1. The number of hydrogen-bond donors (Lipinski definition) is 1. The molecule has 3 heterocycles.